The van der Waals surface area contributed by atoms with Crippen molar-refractivity contribution in [3.8, 4) is 0 Å². The summed E-state index contributed by atoms with van der Waals surface area (Å²) in [6, 6.07) is 2.72. The van der Waals surface area contributed by atoms with Gasteiger partial charge in [0, 0.05) is 24.8 Å². The fraction of sp³-hybridized carbons (Fsp3) is 0.538. The number of hydrogen-bond acceptors (Lipinski definition) is 2. The number of benzene rings is 1. The molecule has 0 spiro atoms. The van der Waals surface area contributed by atoms with E-state index in [0.717, 1.165) is 12.8 Å². The summed E-state index contributed by atoms with van der Waals surface area (Å²) in [7, 11) is 0. The summed E-state index contributed by atoms with van der Waals surface area (Å²) in [5.74, 6) is -1.42. The van der Waals surface area contributed by atoms with Crippen LogP contribution in [-0.2, 0) is 4.74 Å². The van der Waals surface area contributed by atoms with Crippen molar-refractivity contribution in [3.05, 3.63) is 34.9 Å². The molecule has 1 aromatic carbocycles. The molecule has 1 heterocycles. The minimum atomic E-state index is -0.802. The average Bonchev–Trinajstić information content (AvgIpc) is 2.36. The molecular weight excluding hydrogens is 224 g/mol. The number of halogens is 2. The fourth-order valence-corrected chi connectivity index (χ4v) is 2.25. The number of aryl methyl sites for hydroxylation is 1. The molecule has 0 unspecified atom stereocenters. The standard InChI is InChI=1S/C13H17F2NO/c1-8-2-3-10(12(15)11(8)14)13(16)9-4-6-17-7-5-9/h2-3,9,13H,4-7,16H2,1H3/t13-/m1/s1. The van der Waals surface area contributed by atoms with Crippen LogP contribution in [-0.4, -0.2) is 13.2 Å². The molecule has 17 heavy (non-hydrogen) atoms. The second-order valence-electron chi connectivity index (χ2n) is 4.58. The smallest absolute Gasteiger partial charge is 0.163 e. The lowest BCUT2D eigenvalue weighted by Crippen LogP contribution is -2.28. The topological polar surface area (TPSA) is 35.2 Å². The van der Waals surface area contributed by atoms with Crippen molar-refractivity contribution in [2.24, 2.45) is 11.7 Å². The molecule has 1 saturated heterocycles. The summed E-state index contributed by atoms with van der Waals surface area (Å²) in [6.45, 7) is 2.84. The molecule has 0 radical (unpaired) electrons. The van der Waals surface area contributed by atoms with Gasteiger partial charge in [-0.25, -0.2) is 8.78 Å². The maximum absolute atomic E-state index is 13.8. The van der Waals surface area contributed by atoms with Gasteiger partial charge >= 0.3 is 0 Å². The maximum Gasteiger partial charge on any atom is 0.163 e. The molecule has 94 valence electrons. The normalized spacial score (nSPS) is 19.3. The van der Waals surface area contributed by atoms with Gasteiger partial charge in [0.1, 0.15) is 0 Å². The third-order valence-electron chi connectivity index (χ3n) is 3.44. The van der Waals surface area contributed by atoms with E-state index in [4.69, 9.17) is 10.5 Å². The Hall–Kier alpha value is -1.00. The van der Waals surface area contributed by atoms with Gasteiger partial charge in [0.05, 0.1) is 0 Å². The van der Waals surface area contributed by atoms with E-state index in [1.807, 2.05) is 0 Å². The number of hydrogen-bond donors (Lipinski definition) is 1. The summed E-state index contributed by atoms with van der Waals surface area (Å²) in [5, 5.41) is 0. The molecule has 2 N–H and O–H groups in total. The lowest BCUT2D eigenvalue weighted by molar-refractivity contribution is 0.0579. The highest BCUT2D eigenvalue weighted by molar-refractivity contribution is 5.28. The van der Waals surface area contributed by atoms with Crippen molar-refractivity contribution in [3.63, 3.8) is 0 Å². The first-order valence-corrected chi connectivity index (χ1v) is 5.89. The molecule has 0 aromatic heterocycles. The number of rotatable bonds is 2. The summed E-state index contributed by atoms with van der Waals surface area (Å²) in [4.78, 5) is 0. The van der Waals surface area contributed by atoms with Gasteiger partial charge in [-0.3, -0.25) is 0 Å². The lowest BCUT2D eigenvalue weighted by Gasteiger charge is -2.28. The summed E-state index contributed by atoms with van der Waals surface area (Å²) in [5.41, 5.74) is 6.62. The van der Waals surface area contributed by atoms with Crippen molar-refractivity contribution in [1.82, 2.24) is 0 Å². The predicted octanol–water partition coefficient (Wildman–Crippen LogP) is 2.70. The van der Waals surface area contributed by atoms with E-state index in [0.29, 0.717) is 18.8 Å². The molecule has 1 fully saturated rings. The van der Waals surface area contributed by atoms with Gasteiger partial charge in [0.25, 0.3) is 0 Å². The first-order valence-electron chi connectivity index (χ1n) is 5.89. The number of ether oxygens (including phenoxy) is 1. The molecule has 2 nitrogen and oxygen atoms in total. The lowest BCUT2D eigenvalue weighted by atomic mass is 9.87. The second-order valence-corrected chi connectivity index (χ2v) is 4.58. The zero-order valence-corrected chi connectivity index (χ0v) is 9.88. The second kappa shape index (κ2) is 5.10. The minimum absolute atomic E-state index is 0.167. The molecular formula is C13H17F2NO. The van der Waals surface area contributed by atoms with Crippen LogP contribution in [0.15, 0.2) is 12.1 Å². The van der Waals surface area contributed by atoms with Gasteiger partial charge in [-0.1, -0.05) is 12.1 Å². The Labute approximate surface area is 99.8 Å². The van der Waals surface area contributed by atoms with Crippen molar-refractivity contribution >= 4 is 0 Å². The van der Waals surface area contributed by atoms with Crippen LogP contribution in [0.4, 0.5) is 8.78 Å². The third kappa shape index (κ3) is 2.48. The molecule has 0 saturated carbocycles. The Morgan fingerprint density at radius 1 is 1.24 bits per heavy atom. The van der Waals surface area contributed by atoms with Crippen LogP contribution < -0.4 is 5.73 Å². The van der Waals surface area contributed by atoms with Crippen molar-refractivity contribution in [2.75, 3.05) is 13.2 Å². The zero-order valence-electron chi connectivity index (χ0n) is 9.88. The van der Waals surface area contributed by atoms with E-state index in [1.165, 1.54) is 0 Å². The molecule has 0 amide bonds. The van der Waals surface area contributed by atoms with Crippen LogP contribution in [0.5, 0.6) is 0 Å². The maximum atomic E-state index is 13.8. The van der Waals surface area contributed by atoms with Crippen molar-refractivity contribution in [2.45, 2.75) is 25.8 Å². The third-order valence-corrected chi connectivity index (χ3v) is 3.44. The van der Waals surface area contributed by atoms with E-state index in [2.05, 4.69) is 0 Å². The summed E-state index contributed by atoms with van der Waals surface area (Å²) >= 11 is 0. The Morgan fingerprint density at radius 2 is 1.88 bits per heavy atom. The molecule has 0 aliphatic carbocycles. The van der Waals surface area contributed by atoms with Crippen LogP contribution in [0, 0.1) is 24.5 Å². The molecule has 1 aliphatic rings. The first kappa shape index (κ1) is 12.5. The van der Waals surface area contributed by atoms with Crippen LogP contribution in [0.25, 0.3) is 0 Å². The highest BCUT2D eigenvalue weighted by Crippen LogP contribution is 2.30. The predicted molar refractivity (Wildman–Crippen MR) is 61.6 cm³/mol. The van der Waals surface area contributed by atoms with Crippen LogP contribution in [0.3, 0.4) is 0 Å². The molecule has 0 bridgehead atoms. The molecule has 4 heteroatoms. The summed E-state index contributed by atoms with van der Waals surface area (Å²) < 4.78 is 32.5. The van der Waals surface area contributed by atoms with Gasteiger partial charge in [-0.05, 0) is 31.2 Å². The Balaban J connectivity index is 2.24. The van der Waals surface area contributed by atoms with E-state index < -0.39 is 17.7 Å². The monoisotopic (exact) mass is 241 g/mol. The Morgan fingerprint density at radius 3 is 2.53 bits per heavy atom. The van der Waals surface area contributed by atoms with Gasteiger partial charge in [0.15, 0.2) is 11.6 Å². The molecule has 2 rings (SSSR count). The Bertz CT molecular complexity index is 403. The van der Waals surface area contributed by atoms with Crippen LogP contribution in [0.2, 0.25) is 0 Å². The van der Waals surface area contributed by atoms with Gasteiger partial charge in [0.2, 0.25) is 0 Å². The highest BCUT2D eigenvalue weighted by atomic mass is 19.2. The van der Waals surface area contributed by atoms with Crippen LogP contribution >= 0.6 is 0 Å². The van der Waals surface area contributed by atoms with E-state index in [-0.39, 0.29) is 11.5 Å². The molecule has 1 atom stereocenters. The minimum Gasteiger partial charge on any atom is -0.381 e. The van der Waals surface area contributed by atoms with Gasteiger partial charge < -0.3 is 10.5 Å². The average molecular weight is 241 g/mol. The largest absolute Gasteiger partial charge is 0.381 e. The fourth-order valence-electron chi connectivity index (χ4n) is 2.25. The van der Waals surface area contributed by atoms with Crippen LogP contribution in [0.1, 0.15) is 30.0 Å². The molecule has 1 aliphatic heterocycles. The highest BCUT2D eigenvalue weighted by Gasteiger charge is 2.25. The molecule has 1 aromatic rings. The van der Waals surface area contributed by atoms with Crippen molar-refractivity contribution < 1.29 is 13.5 Å². The summed E-state index contributed by atoms with van der Waals surface area (Å²) in [6.07, 6.45) is 1.60. The SMILES string of the molecule is Cc1ccc([C@H](N)C2CCOCC2)c(F)c1F. The van der Waals surface area contributed by atoms with Gasteiger partial charge in [-0.15, -0.1) is 0 Å². The van der Waals surface area contributed by atoms with Gasteiger partial charge in [-0.2, -0.15) is 0 Å². The quantitative estimate of drug-likeness (QED) is 0.864. The number of nitrogens with two attached hydrogens (primary N) is 1. The van der Waals surface area contributed by atoms with E-state index in [1.54, 1.807) is 19.1 Å². The van der Waals surface area contributed by atoms with Crippen molar-refractivity contribution in [1.29, 1.82) is 0 Å². The zero-order chi connectivity index (χ0) is 12.4. The first-order chi connectivity index (χ1) is 8.11. The van der Waals surface area contributed by atoms with E-state index >= 15 is 0 Å². The van der Waals surface area contributed by atoms with E-state index in [9.17, 15) is 8.78 Å². The Kier molecular flexibility index (Phi) is 3.74.